The monoisotopic (exact) mass is 291 g/mol. The Balaban J connectivity index is 2.16. The van der Waals surface area contributed by atoms with Gasteiger partial charge in [0.25, 0.3) is 0 Å². The molecule has 0 saturated carbocycles. The van der Waals surface area contributed by atoms with Crippen LogP contribution in [0.5, 0.6) is 0 Å². The second-order valence-corrected chi connectivity index (χ2v) is 5.10. The van der Waals surface area contributed by atoms with Crippen LogP contribution in [0.1, 0.15) is 18.4 Å². The Labute approximate surface area is 102 Å². The van der Waals surface area contributed by atoms with E-state index in [2.05, 4.69) is 20.8 Å². The lowest BCUT2D eigenvalue weighted by Gasteiger charge is -2.15. The molecule has 1 aromatic rings. The van der Waals surface area contributed by atoms with Gasteiger partial charge in [-0.25, -0.2) is 4.39 Å². The van der Waals surface area contributed by atoms with Crippen molar-refractivity contribution in [2.75, 3.05) is 13.1 Å². The summed E-state index contributed by atoms with van der Waals surface area (Å²) >= 11 is 9.15. The highest BCUT2D eigenvalue weighted by Gasteiger charge is 2.15. The van der Waals surface area contributed by atoms with Crippen LogP contribution in [0.4, 0.5) is 4.39 Å². The topological polar surface area (TPSA) is 3.24 Å². The molecule has 0 radical (unpaired) electrons. The third-order valence-corrected chi connectivity index (χ3v) is 3.88. The average Bonchev–Trinajstić information content (AvgIpc) is 2.67. The molecule has 0 atom stereocenters. The lowest BCUT2D eigenvalue weighted by atomic mass is 10.2. The highest BCUT2D eigenvalue weighted by Crippen LogP contribution is 2.26. The molecular weight excluding hydrogens is 280 g/mol. The minimum absolute atomic E-state index is 0.182. The summed E-state index contributed by atoms with van der Waals surface area (Å²) in [5, 5.41) is 0.575. The standard InChI is InChI=1S/C11H12BrClFN/c12-9-6-11(14)8(5-10(9)13)7-15-3-1-2-4-15/h5-6H,1-4,7H2. The zero-order valence-corrected chi connectivity index (χ0v) is 10.6. The Morgan fingerprint density at radius 3 is 2.67 bits per heavy atom. The first-order valence-corrected chi connectivity index (χ1v) is 6.19. The molecule has 2 rings (SSSR count). The summed E-state index contributed by atoms with van der Waals surface area (Å²) in [6.45, 7) is 2.79. The highest BCUT2D eigenvalue weighted by molar-refractivity contribution is 9.10. The van der Waals surface area contributed by atoms with E-state index < -0.39 is 0 Å². The maximum Gasteiger partial charge on any atom is 0.128 e. The van der Waals surface area contributed by atoms with Gasteiger partial charge in [-0.3, -0.25) is 4.90 Å². The molecule has 1 aromatic carbocycles. The summed E-state index contributed by atoms with van der Waals surface area (Å²) in [4.78, 5) is 2.25. The molecule has 1 aliphatic rings. The normalized spacial score (nSPS) is 17.3. The number of halogens is 3. The molecule has 1 aliphatic heterocycles. The van der Waals surface area contributed by atoms with Crippen LogP contribution in [0, 0.1) is 5.82 Å². The largest absolute Gasteiger partial charge is 0.299 e. The first kappa shape index (κ1) is 11.4. The van der Waals surface area contributed by atoms with Gasteiger partial charge in [0.05, 0.1) is 5.02 Å². The third-order valence-electron chi connectivity index (χ3n) is 2.68. The molecule has 1 nitrogen and oxygen atoms in total. The van der Waals surface area contributed by atoms with E-state index >= 15 is 0 Å². The van der Waals surface area contributed by atoms with Gasteiger partial charge in [-0.2, -0.15) is 0 Å². The molecule has 0 aromatic heterocycles. The molecule has 0 N–H and O–H groups in total. The highest BCUT2D eigenvalue weighted by atomic mass is 79.9. The van der Waals surface area contributed by atoms with Crippen molar-refractivity contribution in [2.24, 2.45) is 0 Å². The number of hydrogen-bond donors (Lipinski definition) is 0. The van der Waals surface area contributed by atoms with Crippen molar-refractivity contribution in [3.63, 3.8) is 0 Å². The summed E-state index contributed by atoms with van der Waals surface area (Å²) in [5.41, 5.74) is 0.685. The van der Waals surface area contributed by atoms with Crippen molar-refractivity contribution in [2.45, 2.75) is 19.4 Å². The van der Waals surface area contributed by atoms with E-state index in [1.807, 2.05) is 0 Å². The Kier molecular flexibility index (Phi) is 3.65. The van der Waals surface area contributed by atoms with Crippen molar-refractivity contribution in [3.05, 3.63) is 33.0 Å². The Morgan fingerprint density at radius 1 is 1.33 bits per heavy atom. The molecule has 0 amide bonds. The maximum absolute atomic E-state index is 13.6. The van der Waals surface area contributed by atoms with Gasteiger partial charge in [-0.1, -0.05) is 11.6 Å². The van der Waals surface area contributed by atoms with Crippen LogP contribution >= 0.6 is 27.5 Å². The van der Waals surface area contributed by atoms with Gasteiger partial charge >= 0.3 is 0 Å². The fraction of sp³-hybridized carbons (Fsp3) is 0.455. The van der Waals surface area contributed by atoms with Gasteiger partial charge in [0.15, 0.2) is 0 Å². The molecule has 0 aliphatic carbocycles. The average molecular weight is 293 g/mol. The number of rotatable bonds is 2. The van der Waals surface area contributed by atoms with Gasteiger partial charge in [-0.05, 0) is 54.0 Å². The number of benzene rings is 1. The van der Waals surface area contributed by atoms with Crippen LogP contribution in [-0.2, 0) is 6.54 Å². The van der Waals surface area contributed by atoms with Crippen molar-refractivity contribution >= 4 is 27.5 Å². The van der Waals surface area contributed by atoms with Crippen LogP contribution in [0.2, 0.25) is 5.02 Å². The van der Waals surface area contributed by atoms with Gasteiger partial charge < -0.3 is 0 Å². The van der Waals surface area contributed by atoms with Crippen LogP contribution in [-0.4, -0.2) is 18.0 Å². The molecule has 0 spiro atoms. The van der Waals surface area contributed by atoms with E-state index in [0.29, 0.717) is 21.6 Å². The van der Waals surface area contributed by atoms with Crippen molar-refractivity contribution in [1.82, 2.24) is 4.90 Å². The van der Waals surface area contributed by atoms with E-state index in [1.54, 1.807) is 6.07 Å². The minimum Gasteiger partial charge on any atom is -0.299 e. The van der Waals surface area contributed by atoms with E-state index in [0.717, 1.165) is 13.1 Å². The number of hydrogen-bond acceptors (Lipinski definition) is 1. The summed E-state index contributed by atoms with van der Waals surface area (Å²) in [6.07, 6.45) is 2.43. The molecule has 82 valence electrons. The fourth-order valence-electron chi connectivity index (χ4n) is 1.87. The molecule has 1 saturated heterocycles. The van der Waals surface area contributed by atoms with E-state index in [-0.39, 0.29) is 5.82 Å². The minimum atomic E-state index is -0.182. The first-order chi connectivity index (χ1) is 7.16. The van der Waals surface area contributed by atoms with Gasteiger partial charge in [0, 0.05) is 16.6 Å². The van der Waals surface area contributed by atoms with Crippen LogP contribution in [0.3, 0.4) is 0 Å². The lowest BCUT2D eigenvalue weighted by Crippen LogP contribution is -2.19. The number of likely N-dealkylation sites (tertiary alicyclic amines) is 1. The van der Waals surface area contributed by atoms with Gasteiger partial charge in [-0.15, -0.1) is 0 Å². The quantitative estimate of drug-likeness (QED) is 0.749. The molecule has 1 heterocycles. The third kappa shape index (κ3) is 2.71. The molecule has 15 heavy (non-hydrogen) atoms. The molecule has 1 fully saturated rings. The van der Waals surface area contributed by atoms with E-state index in [9.17, 15) is 4.39 Å². The summed E-state index contributed by atoms with van der Waals surface area (Å²) in [5.74, 6) is -0.182. The molecule has 0 bridgehead atoms. The maximum atomic E-state index is 13.6. The second-order valence-electron chi connectivity index (χ2n) is 3.84. The van der Waals surface area contributed by atoms with Crippen LogP contribution in [0.25, 0.3) is 0 Å². The van der Waals surface area contributed by atoms with Crippen LogP contribution < -0.4 is 0 Å². The molecule has 4 heteroatoms. The summed E-state index contributed by atoms with van der Waals surface area (Å²) in [7, 11) is 0. The lowest BCUT2D eigenvalue weighted by molar-refractivity contribution is 0.325. The molecular formula is C11H12BrClFN. The summed E-state index contributed by atoms with van der Waals surface area (Å²) < 4.78 is 14.2. The van der Waals surface area contributed by atoms with Crippen molar-refractivity contribution < 1.29 is 4.39 Å². The smallest absolute Gasteiger partial charge is 0.128 e. The molecule has 0 unspecified atom stereocenters. The van der Waals surface area contributed by atoms with E-state index in [4.69, 9.17) is 11.6 Å². The SMILES string of the molecule is Fc1cc(Br)c(Cl)cc1CN1CCCC1. The Bertz CT molecular complexity index is 364. The van der Waals surface area contributed by atoms with Gasteiger partial charge in [0.1, 0.15) is 5.82 Å². The van der Waals surface area contributed by atoms with Crippen molar-refractivity contribution in [3.8, 4) is 0 Å². The number of nitrogens with zero attached hydrogens (tertiary/aromatic N) is 1. The van der Waals surface area contributed by atoms with Gasteiger partial charge in [0.2, 0.25) is 0 Å². The van der Waals surface area contributed by atoms with Crippen LogP contribution in [0.15, 0.2) is 16.6 Å². The Hall–Kier alpha value is -0.120. The van der Waals surface area contributed by atoms with Crippen molar-refractivity contribution in [1.29, 1.82) is 0 Å². The zero-order chi connectivity index (χ0) is 10.8. The summed E-state index contributed by atoms with van der Waals surface area (Å²) in [6, 6.07) is 3.15. The first-order valence-electron chi connectivity index (χ1n) is 5.02. The van der Waals surface area contributed by atoms with E-state index in [1.165, 1.54) is 18.9 Å². The predicted molar refractivity (Wildman–Crippen MR) is 63.6 cm³/mol. The second kappa shape index (κ2) is 4.81. The Morgan fingerprint density at radius 2 is 2.00 bits per heavy atom. The fourth-order valence-corrected chi connectivity index (χ4v) is 2.37. The predicted octanol–water partition coefficient (Wildman–Crippen LogP) is 3.84. The zero-order valence-electron chi connectivity index (χ0n) is 8.27.